The van der Waals surface area contributed by atoms with Gasteiger partial charge in [-0.25, -0.2) is 0 Å². The third-order valence-corrected chi connectivity index (χ3v) is 0.545. The van der Waals surface area contributed by atoms with E-state index in [9.17, 15) is 0 Å². The van der Waals surface area contributed by atoms with Crippen LogP contribution in [0.15, 0.2) is 36.4 Å². The van der Waals surface area contributed by atoms with E-state index in [1.165, 1.54) is 5.54 Å². The summed E-state index contributed by atoms with van der Waals surface area (Å²) < 4.78 is 0. The van der Waals surface area contributed by atoms with Crippen molar-refractivity contribution in [2.45, 2.75) is 6.92 Å². The lowest BCUT2D eigenvalue weighted by Crippen LogP contribution is -1.51. The molecule has 0 saturated heterocycles. The molecule has 0 amide bonds. The molecule has 0 spiro atoms. The maximum absolute atomic E-state index is 7.79. The van der Waals surface area contributed by atoms with Crippen molar-refractivity contribution in [3.63, 3.8) is 0 Å². The van der Waals surface area contributed by atoms with Gasteiger partial charge in [0, 0.05) is 11.1 Å². The molecule has 0 aliphatic carbocycles. The number of allylic oxidation sites excluding steroid dienone is 3. The first-order valence-corrected chi connectivity index (χ1v) is 3.06. The minimum atomic E-state index is 0.560. The zero-order valence-corrected chi connectivity index (χ0v) is 6.73. The van der Waals surface area contributed by atoms with Gasteiger partial charge in [-0.1, -0.05) is 36.9 Å². The highest BCUT2D eigenvalue weighted by atomic mass is 35.5. The number of hydrogen-bond acceptors (Lipinski definition) is 1. The van der Waals surface area contributed by atoms with E-state index in [-0.39, 0.29) is 0 Å². The van der Waals surface area contributed by atoms with Gasteiger partial charge in [0.25, 0.3) is 0 Å². The van der Waals surface area contributed by atoms with Gasteiger partial charge >= 0.3 is 0 Å². The smallest absolute Gasteiger partial charge is 0.0937 e. The zero-order valence-electron chi connectivity index (χ0n) is 5.97. The SMILES string of the molecule is C=C(C)C#N.C=CC=CCl. The average Bonchev–Trinajstić information content (AvgIpc) is 1.91. The van der Waals surface area contributed by atoms with Crippen LogP contribution in [0.3, 0.4) is 0 Å². The Morgan fingerprint density at radius 2 is 2.10 bits per heavy atom. The molecule has 0 unspecified atom stereocenters. The minimum absolute atomic E-state index is 0.560. The van der Waals surface area contributed by atoms with Crippen LogP contribution in [0, 0.1) is 11.3 Å². The standard InChI is InChI=1S/C4H5Cl.C4H5N/c1-2-3-4-5;1-4(2)3-5/h2-4H,1H2;1H2,2H3. The van der Waals surface area contributed by atoms with Crippen LogP contribution in [0.1, 0.15) is 6.92 Å². The second-order valence-electron chi connectivity index (χ2n) is 1.45. The first kappa shape index (κ1) is 11.8. The van der Waals surface area contributed by atoms with E-state index >= 15 is 0 Å². The summed E-state index contributed by atoms with van der Waals surface area (Å²) >= 11 is 5.05. The first-order chi connectivity index (χ1) is 4.68. The van der Waals surface area contributed by atoms with Crippen LogP contribution in [-0.4, -0.2) is 0 Å². The van der Waals surface area contributed by atoms with Crippen LogP contribution >= 0.6 is 11.6 Å². The highest BCUT2D eigenvalue weighted by molar-refractivity contribution is 6.25. The van der Waals surface area contributed by atoms with E-state index in [1.54, 1.807) is 19.1 Å². The zero-order chi connectivity index (χ0) is 8.41. The normalized spacial score (nSPS) is 7.30. The fourth-order valence-corrected chi connectivity index (χ4v) is 0.154. The molecule has 0 N–H and O–H groups in total. The third-order valence-electron chi connectivity index (χ3n) is 0.400. The predicted molar refractivity (Wildman–Crippen MR) is 45.6 cm³/mol. The van der Waals surface area contributed by atoms with E-state index in [0.29, 0.717) is 5.57 Å². The summed E-state index contributed by atoms with van der Waals surface area (Å²) in [4.78, 5) is 0. The Balaban J connectivity index is 0. The largest absolute Gasteiger partial charge is 0.193 e. The van der Waals surface area contributed by atoms with Gasteiger partial charge in [-0.2, -0.15) is 5.26 Å². The van der Waals surface area contributed by atoms with E-state index < -0.39 is 0 Å². The number of hydrogen-bond donors (Lipinski definition) is 0. The molecule has 0 saturated carbocycles. The Morgan fingerprint density at radius 1 is 1.70 bits per heavy atom. The molecule has 0 aliphatic heterocycles. The van der Waals surface area contributed by atoms with Crippen LogP contribution < -0.4 is 0 Å². The molecule has 0 bridgehead atoms. The molecule has 0 aromatic heterocycles. The molecular formula is C8H10ClN. The van der Waals surface area contributed by atoms with Gasteiger partial charge in [-0.05, 0) is 6.92 Å². The molecule has 0 radical (unpaired) electrons. The molecule has 0 aromatic carbocycles. The summed E-state index contributed by atoms with van der Waals surface area (Å²) in [6, 6.07) is 1.83. The fourth-order valence-electron chi connectivity index (χ4n) is 0.0514. The second-order valence-corrected chi connectivity index (χ2v) is 1.70. The summed E-state index contributed by atoms with van der Waals surface area (Å²) in [5, 5.41) is 7.79. The average molecular weight is 156 g/mol. The quantitative estimate of drug-likeness (QED) is 0.422. The fraction of sp³-hybridized carbons (Fsp3) is 0.125. The maximum atomic E-state index is 7.79. The summed E-state index contributed by atoms with van der Waals surface area (Å²) in [5.41, 5.74) is 1.97. The van der Waals surface area contributed by atoms with Crippen molar-refractivity contribution in [3.05, 3.63) is 36.4 Å². The lowest BCUT2D eigenvalue weighted by Gasteiger charge is -1.61. The van der Waals surface area contributed by atoms with Crippen LogP contribution in [0.4, 0.5) is 0 Å². The van der Waals surface area contributed by atoms with Crippen molar-refractivity contribution >= 4 is 11.6 Å². The van der Waals surface area contributed by atoms with Crippen molar-refractivity contribution in [2.75, 3.05) is 0 Å². The van der Waals surface area contributed by atoms with Crippen molar-refractivity contribution in [3.8, 4) is 6.07 Å². The Labute approximate surface area is 66.9 Å². The highest BCUT2D eigenvalue weighted by Crippen LogP contribution is 1.75. The van der Waals surface area contributed by atoms with Crippen LogP contribution in [-0.2, 0) is 0 Å². The van der Waals surface area contributed by atoms with Gasteiger partial charge in [0.1, 0.15) is 0 Å². The van der Waals surface area contributed by atoms with E-state index in [4.69, 9.17) is 16.9 Å². The lowest BCUT2D eigenvalue weighted by molar-refractivity contribution is 1.46. The molecular weight excluding hydrogens is 146 g/mol. The molecule has 54 valence electrons. The van der Waals surface area contributed by atoms with Crippen LogP contribution in [0.2, 0.25) is 0 Å². The summed E-state index contributed by atoms with van der Waals surface area (Å²) in [5.74, 6) is 0. The topological polar surface area (TPSA) is 23.8 Å². The van der Waals surface area contributed by atoms with Crippen LogP contribution in [0.5, 0.6) is 0 Å². The Kier molecular flexibility index (Phi) is 12.8. The molecule has 0 aromatic rings. The van der Waals surface area contributed by atoms with E-state index in [0.717, 1.165) is 0 Å². The Hall–Kier alpha value is -1.00. The molecule has 0 fully saturated rings. The molecule has 0 heterocycles. The summed E-state index contributed by atoms with van der Waals surface area (Å²) in [7, 11) is 0. The van der Waals surface area contributed by atoms with Gasteiger partial charge in [-0.15, -0.1) is 0 Å². The predicted octanol–water partition coefficient (Wildman–Crippen LogP) is 3.01. The molecule has 0 rings (SSSR count). The molecule has 0 atom stereocenters. The van der Waals surface area contributed by atoms with Crippen molar-refractivity contribution < 1.29 is 0 Å². The lowest BCUT2D eigenvalue weighted by atomic mass is 10.4. The Bertz CT molecular complexity index is 163. The molecule has 10 heavy (non-hydrogen) atoms. The first-order valence-electron chi connectivity index (χ1n) is 2.62. The second kappa shape index (κ2) is 10.9. The van der Waals surface area contributed by atoms with Gasteiger partial charge in [0.15, 0.2) is 0 Å². The molecule has 1 nitrogen and oxygen atoms in total. The van der Waals surface area contributed by atoms with Crippen molar-refractivity contribution in [2.24, 2.45) is 0 Å². The number of halogens is 1. The number of nitrogens with zero attached hydrogens (tertiary/aromatic N) is 1. The van der Waals surface area contributed by atoms with Crippen molar-refractivity contribution in [1.29, 1.82) is 5.26 Å². The number of nitriles is 1. The monoisotopic (exact) mass is 155 g/mol. The summed E-state index contributed by atoms with van der Waals surface area (Å²) in [6.45, 7) is 8.36. The van der Waals surface area contributed by atoms with Crippen LogP contribution in [0.25, 0.3) is 0 Å². The highest BCUT2D eigenvalue weighted by Gasteiger charge is 1.64. The molecule has 0 aliphatic rings. The van der Waals surface area contributed by atoms with Gasteiger partial charge < -0.3 is 0 Å². The van der Waals surface area contributed by atoms with Gasteiger partial charge in [0.2, 0.25) is 0 Å². The third kappa shape index (κ3) is 28.0. The van der Waals surface area contributed by atoms with E-state index in [1.807, 2.05) is 6.07 Å². The molecule has 2 heteroatoms. The number of rotatable bonds is 1. The van der Waals surface area contributed by atoms with E-state index in [2.05, 4.69) is 13.2 Å². The Morgan fingerprint density at radius 3 is 2.10 bits per heavy atom. The minimum Gasteiger partial charge on any atom is -0.193 e. The maximum Gasteiger partial charge on any atom is 0.0937 e. The van der Waals surface area contributed by atoms with Gasteiger partial charge in [-0.3, -0.25) is 0 Å². The van der Waals surface area contributed by atoms with Gasteiger partial charge in [0.05, 0.1) is 6.07 Å². The van der Waals surface area contributed by atoms with Crippen molar-refractivity contribution in [1.82, 2.24) is 0 Å². The summed E-state index contributed by atoms with van der Waals surface area (Å²) in [6.07, 6.45) is 3.27.